The maximum Gasteiger partial charge on any atom is 0.254 e. The van der Waals surface area contributed by atoms with Crippen molar-refractivity contribution in [3.63, 3.8) is 0 Å². The van der Waals surface area contributed by atoms with Crippen molar-refractivity contribution in [2.75, 3.05) is 5.43 Å². The van der Waals surface area contributed by atoms with Gasteiger partial charge in [-0.25, -0.2) is 0 Å². The predicted molar refractivity (Wildman–Crippen MR) is 68.0 cm³/mol. The van der Waals surface area contributed by atoms with Gasteiger partial charge in [0.1, 0.15) is 11.4 Å². The van der Waals surface area contributed by atoms with E-state index in [4.69, 9.17) is 0 Å². The molecule has 0 bridgehead atoms. The summed E-state index contributed by atoms with van der Waals surface area (Å²) in [6.45, 7) is 1.44. The van der Waals surface area contributed by atoms with Gasteiger partial charge in [0.05, 0.1) is 5.71 Å². The van der Waals surface area contributed by atoms with Crippen LogP contribution < -0.4 is 5.43 Å². The molecule has 0 fully saturated rings. The SMILES string of the molecule is CC(=NNc1c(F)c(F)nc(F)c1F)c1ccccc1O. The first-order valence-corrected chi connectivity index (χ1v) is 5.70. The summed E-state index contributed by atoms with van der Waals surface area (Å²) < 4.78 is 52.5. The van der Waals surface area contributed by atoms with Crippen LogP contribution in [-0.2, 0) is 0 Å². The van der Waals surface area contributed by atoms with Crippen molar-refractivity contribution < 1.29 is 22.7 Å². The number of halogens is 4. The molecule has 2 rings (SSSR count). The predicted octanol–water partition coefficient (Wildman–Crippen LogP) is 3.18. The van der Waals surface area contributed by atoms with Crippen molar-refractivity contribution in [3.05, 3.63) is 53.4 Å². The zero-order valence-corrected chi connectivity index (χ0v) is 10.7. The lowest BCUT2D eigenvalue weighted by atomic mass is 10.1. The maximum absolute atomic E-state index is 13.3. The quantitative estimate of drug-likeness (QED) is 0.396. The maximum atomic E-state index is 13.3. The summed E-state index contributed by atoms with van der Waals surface area (Å²) in [5, 5.41) is 13.2. The molecular formula is C13H9F4N3O. The number of benzene rings is 1. The van der Waals surface area contributed by atoms with E-state index < -0.39 is 29.2 Å². The van der Waals surface area contributed by atoms with E-state index in [1.807, 2.05) is 5.43 Å². The normalized spacial score (nSPS) is 11.6. The van der Waals surface area contributed by atoms with Gasteiger partial charge in [0.25, 0.3) is 11.9 Å². The Kier molecular flexibility index (Phi) is 4.06. The second-order valence-electron chi connectivity index (χ2n) is 4.02. The highest BCUT2D eigenvalue weighted by atomic mass is 19.2. The van der Waals surface area contributed by atoms with Crippen molar-refractivity contribution in [1.82, 2.24) is 4.98 Å². The molecule has 1 aromatic carbocycles. The summed E-state index contributed by atoms with van der Waals surface area (Å²) in [5.74, 6) is -7.06. The smallest absolute Gasteiger partial charge is 0.254 e. The summed E-state index contributed by atoms with van der Waals surface area (Å²) >= 11 is 0. The molecule has 2 N–H and O–H groups in total. The van der Waals surface area contributed by atoms with Gasteiger partial charge < -0.3 is 5.11 Å². The summed E-state index contributed by atoms with van der Waals surface area (Å²) in [6.07, 6.45) is 0. The molecule has 1 heterocycles. The Labute approximate surface area is 116 Å². The van der Waals surface area contributed by atoms with Crippen LogP contribution in [0.15, 0.2) is 29.4 Å². The summed E-state index contributed by atoms with van der Waals surface area (Å²) in [4.78, 5) is 2.42. The van der Waals surface area contributed by atoms with Crippen LogP contribution >= 0.6 is 0 Å². The Bertz CT molecular complexity index is 693. The molecular weight excluding hydrogens is 290 g/mol. The number of rotatable bonds is 3. The van der Waals surface area contributed by atoms with Gasteiger partial charge in [-0.05, 0) is 19.1 Å². The summed E-state index contributed by atoms with van der Waals surface area (Å²) in [7, 11) is 0. The van der Waals surface area contributed by atoms with Gasteiger partial charge in [-0.2, -0.15) is 27.6 Å². The standard InChI is InChI=1S/C13H9F4N3O/c1-6(7-4-2-3-5-8(7)21)19-20-11-9(14)12(16)18-13(17)10(11)15/h2-5,21H,1H3,(H,18,20). The Morgan fingerprint density at radius 3 is 2.24 bits per heavy atom. The van der Waals surface area contributed by atoms with E-state index in [2.05, 4.69) is 10.1 Å². The molecule has 0 saturated carbocycles. The van der Waals surface area contributed by atoms with Crippen LogP contribution in [0, 0.1) is 23.5 Å². The molecule has 2 aromatic rings. The number of hydrogen-bond acceptors (Lipinski definition) is 4. The monoisotopic (exact) mass is 299 g/mol. The number of hydrogen-bond donors (Lipinski definition) is 2. The molecule has 21 heavy (non-hydrogen) atoms. The average Bonchev–Trinajstić information content (AvgIpc) is 2.45. The topological polar surface area (TPSA) is 57.5 Å². The molecule has 0 radical (unpaired) electrons. The molecule has 8 heteroatoms. The molecule has 0 aliphatic rings. The molecule has 1 aromatic heterocycles. The summed E-state index contributed by atoms with van der Waals surface area (Å²) in [6, 6.07) is 6.09. The first-order chi connectivity index (χ1) is 9.91. The van der Waals surface area contributed by atoms with Gasteiger partial charge >= 0.3 is 0 Å². The van der Waals surface area contributed by atoms with Crippen molar-refractivity contribution in [2.45, 2.75) is 6.92 Å². The van der Waals surface area contributed by atoms with Crippen LogP contribution in [0.25, 0.3) is 0 Å². The third kappa shape index (κ3) is 2.93. The van der Waals surface area contributed by atoms with Gasteiger partial charge in [-0.1, -0.05) is 12.1 Å². The van der Waals surface area contributed by atoms with E-state index in [0.717, 1.165) is 0 Å². The lowest BCUT2D eigenvalue weighted by Crippen LogP contribution is -2.07. The zero-order chi connectivity index (χ0) is 15.6. The van der Waals surface area contributed by atoms with E-state index in [-0.39, 0.29) is 11.5 Å². The minimum Gasteiger partial charge on any atom is -0.507 e. The van der Waals surface area contributed by atoms with E-state index >= 15 is 0 Å². The van der Waals surface area contributed by atoms with Gasteiger partial charge in [0.15, 0.2) is 0 Å². The number of hydrazone groups is 1. The Morgan fingerprint density at radius 2 is 1.67 bits per heavy atom. The molecule has 0 aliphatic heterocycles. The third-order valence-corrected chi connectivity index (χ3v) is 2.63. The number of aromatic hydroxyl groups is 1. The van der Waals surface area contributed by atoms with Crippen LogP contribution in [0.1, 0.15) is 12.5 Å². The van der Waals surface area contributed by atoms with Crippen LogP contribution in [0.5, 0.6) is 5.75 Å². The van der Waals surface area contributed by atoms with Crippen molar-refractivity contribution in [2.24, 2.45) is 5.10 Å². The molecule has 4 nitrogen and oxygen atoms in total. The van der Waals surface area contributed by atoms with E-state index in [1.54, 1.807) is 12.1 Å². The Morgan fingerprint density at radius 1 is 1.10 bits per heavy atom. The van der Waals surface area contributed by atoms with Gasteiger partial charge in [0.2, 0.25) is 11.6 Å². The number of para-hydroxylation sites is 1. The Hall–Kier alpha value is -2.64. The number of phenolic OH excluding ortho intramolecular Hbond substituents is 1. The molecule has 0 aliphatic carbocycles. The largest absolute Gasteiger partial charge is 0.507 e. The number of pyridine rings is 1. The average molecular weight is 299 g/mol. The third-order valence-electron chi connectivity index (χ3n) is 2.63. The highest BCUT2D eigenvalue weighted by Crippen LogP contribution is 2.22. The van der Waals surface area contributed by atoms with Crippen LogP contribution in [0.4, 0.5) is 23.2 Å². The fourth-order valence-electron chi connectivity index (χ4n) is 1.56. The summed E-state index contributed by atoms with van der Waals surface area (Å²) in [5.41, 5.74) is 1.24. The van der Waals surface area contributed by atoms with Crippen LogP contribution in [0.3, 0.4) is 0 Å². The molecule has 0 atom stereocenters. The minimum atomic E-state index is -1.79. The number of phenols is 1. The zero-order valence-electron chi connectivity index (χ0n) is 10.7. The highest BCUT2D eigenvalue weighted by molar-refractivity contribution is 6.01. The van der Waals surface area contributed by atoms with Crippen LogP contribution in [-0.4, -0.2) is 15.8 Å². The van der Waals surface area contributed by atoms with Crippen molar-refractivity contribution >= 4 is 11.4 Å². The molecule has 0 spiro atoms. The van der Waals surface area contributed by atoms with Gasteiger partial charge in [0, 0.05) is 5.56 Å². The molecule has 0 amide bonds. The second-order valence-corrected chi connectivity index (χ2v) is 4.02. The lowest BCUT2D eigenvalue weighted by molar-refractivity contribution is 0.411. The number of aromatic nitrogens is 1. The fraction of sp³-hybridized carbons (Fsp3) is 0.0769. The van der Waals surface area contributed by atoms with Crippen molar-refractivity contribution in [1.29, 1.82) is 0 Å². The molecule has 110 valence electrons. The number of nitrogens with one attached hydrogen (secondary N) is 1. The molecule has 0 saturated heterocycles. The van der Waals surface area contributed by atoms with E-state index in [9.17, 15) is 22.7 Å². The van der Waals surface area contributed by atoms with Gasteiger partial charge in [-0.15, -0.1) is 0 Å². The highest BCUT2D eigenvalue weighted by Gasteiger charge is 2.20. The number of anilines is 1. The lowest BCUT2D eigenvalue weighted by Gasteiger charge is -2.07. The van der Waals surface area contributed by atoms with E-state index in [0.29, 0.717) is 5.56 Å². The molecule has 0 unspecified atom stereocenters. The van der Waals surface area contributed by atoms with E-state index in [1.165, 1.54) is 19.1 Å². The Balaban J connectivity index is 2.36. The minimum absolute atomic E-state index is 0.103. The van der Waals surface area contributed by atoms with Crippen molar-refractivity contribution in [3.8, 4) is 5.75 Å². The first kappa shape index (κ1) is 14.8. The second kappa shape index (κ2) is 5.78. The fourth-order valence-corrected chi connectivity index (χ4v) is 1.56. The van der Waals surface area contributed by atoms with Gasteiger partial charge in [-0.3, -0.25) is 5.43 Å². The first-order valence-electron chi connectivity index (χ1n) is 5.70. The number of nitrogens with zero attached hydrogens (tertiary/aromatic N) is 2. The van der Waals surface area contributed by atoms with Crippen LogP contribution in [0.2, 0.25) is 0 Å².